The van der Waals surface area contributed by atoms with Crippen LogP contribution >= 0.6 is 0 Å². The number of nitrogens with one attached hydrogen (secondary N) is 1. The Kier molecular flexibility index (Phi) is 3.09. The van der Waals surface area contributed by atoms with Crippen LogP contribution in [-0.2, 0) is 5.41 Å². The number of hydrogen-bond acceptors (Lipinski definition) is 2. The van der Waals surface area contributed by atoms with Crippen LogP contribution < -0.4 is 5.32 Å². The van der Waals surface area contributed by atoms with Gasteiger partial charge in [0.15, 0.2) is 0 Å². The number of allylic oxidation sites excluding steroid dienone is 2. The molecule has 1 spiro atoms. The first-order chi connectivity index (χ1) is 11.2. The summed E-state index contributed by atoms with van der Waals surface area (Å²) in [4.78, 5) is 2.67. The van der Waals surface area contributed by atoms with Gasteiger partial charge in [0.2, 0.25) is 0 Å². The molecular formula is C20H25FN2. The molecule has 23 heavy (non-hydrogen) atoms. The second kappa shape index (κ2) is 5.07. The number of nitrogens with zero attached hydrogens (tertiary/aromatic N) is 1. The molecule has 3 heteroatoms. The molecule has 122 valence electrons. The van der Waals surface area contributed by atoms with Crippen molar-refractivity contribution in [2.24, 2.45) is 17.8 Å². The molecule has 5 rings (SSSR count). The lowest BCUT2D eigenvalue weighted by atomic mass is 9.74. The fourth-order valence-corrected chi connectivity index (χ4v) is 5.51. The lowest BCUT2D eigenvalue weighted by Crippen LogP contribution is -2.45. The third-order valence-corrected chi connectivity index (χ3v) is 6.89. The summed E-state index contributed by atoms with van der Waals surface area (Å²) in [5, 5.41) is 3.50. The average molecular weight is 312 g/mol. The van der Waals surface area contributed by atoms with E-state index in [0.29, 0.717) is 0 Å². The molecule has 1 aromatic rings. The van der Waals surface area contributed by atoms with Crippen LogP contribution in [0.1, 0.15) is 31.2 Å². The molecule has 4 aliphatic rings. The quantitative estimate of drug-likeness (QED) is 0.836. The Hall–Kier alpha value is -1.35. The molecule has 2 nitrogen and oxygen atoms in total. The van der Waals surface area contributed by atoms with Crippen LogP contribution in [0.15, 0.2) is 30.4 Å². The fourth-order valence-electron chi connectivity index (χ4n) is 5.51. The molecule has 1 N–H and O–H groups in total. The van der Waals surface area contributed by atoms with Crippen LogP contribution in [0.3, 0.4) is 0 Å². The van der Waals surface area contributed by atoms with Crippen molar-refractivity contribution in [3.05, 3.63) is 41.7 Å². The van der Waals surface area contributed by atoms with Crippen molar-refractivity contribution >= 4 is 5.69 Å². The van der Waals surface area contributed by atoms with Crippen molar-refractivity contribution in [1.82, 2.24) is 4.90 Å². The van der Waals surface area contributed by atoms with Gasteiger partial charge in [-0.05, 0) is 80.3 Å². The van der Waals surface area contributed by atoms with Gasteiger partial charge in [0.05, 0.1) is 0 Å². The lowest BCUT2D eigenvalue weighted by Gasteiger charge is -2.40. The summed E-state index contributed by atoms with van der Waals surface area (Å²) in [5.41, 5.74) is 2.54. The Bertz CT molecular complexity index is 645. The van der Waals surface area contributed by atoms with Crippen molar-refractivity contribution in [3.8, 4) is 0 Å². The molecule has 1 saturated heterocycles. The van der Waals surface area contributed by atoms with E-state index in [9.17, 15) is 4.39 Å². The van der Waals surface area contributed by atoms with Crippen LogP contribution in [0.4, 0.5) is 10.1 Å². The molecule has 0 amide bonds. The minimum atomic E-state index is -0.0944. The number of hydrogen-bond donors (Lipinski definition) is 1. The molecule has 2 bridgehead atoms. The predicted octanol–water partition coefficient (Wildman–Crippen LogP) is 3.80. The number of likely N-dealkylation sites (tertiary alicyclic amines) is 1. The normalized spacial score (nSPS) is 34.0. The lowest BCUT2D eigenvalue weighted by molar-refractivity contribution is 0.140. The Labute approximate surface area is 137 Å². The number of halogens is 1. The SMILES string of the molecule is Fc1ccc2c(c1)C1(CCN(C[C@@H]3C[C@H]4C=C[C@@H]3C4)CC1)CN2. The van der Waals surface area contributed by atoms with Crippen molar-refractivity contribution in [2.75, 3.05) is 31.5 Å². The monoisotopic (exact) mass is 312 g/mol. The van der Waals surface area contributed by atoms with E-state index in [-0.39, 0.29) is 11.2 Å². The van der Waals surface area contributed by atoms with Gasteiger partial charge in [-0.15, -0.1) is 0 Å². The average Bonchev–Trinajstić information content (AvgIpc) is 3.25. The van der Waals surface area contributed by atoms with E-state index < -0.39 is 0 Å². The second-order valence-corrected chi connectivity index (χ2v) is 8.16. The third kappa shape index (κ3) is 2.24. The highest BCUT2D eigenvalue weighted by molar-refractivity contribution is 5.60. The van der Waals surface area contributed by atoms with Crippen molar-refractivity contribution < 1.29 is 4.39 Å². The third-order valence-electron chi connectivity index (χ3n) is 6.89. The van der Waals surface area contributed by atoms with E-state index in [1.165, 1.54) is 24.9 Å². The first kappa shape index (κ1) is 14.0. The van der Waals surface area contributed by atoms with Gasteiger partial charge >= 0.3 is 0 Å². The molecule has 2 aliphatic heterocycles. The first-order valence-electron chi connectivity index (χ1n) is 9.16. The molecule has 0 unspecified atom stereocenters. The zero-order chi connectivity index (χ0) is 15.4. The predicted molar refractivity (Wildman–Crippen MR) is 91.1 cm³/mol. The molecular weight excluding hydrogens is 287 g/mol. The van der Waals surface area contributed by atoms with Crippen LogP contribution in [-0.4, -0.2) is 31.1 Å². The standard InChI is InChI=1S/C20H25FN2/c21-17-3-4-19-18(11-17)20(13-22-19)5-7-23(8-6-20)12-16-10-14-1-2-15(16)9-14/h1-4,11,14-16,22H,5-10,12-13H2/t14-,15+,16-/m0/s1. The molecule has 0 aromatic heterocycles. The molecule has 3 atom stereocenters. The van der Waals surface area contributed by atoms with Gasteiger partial charge in [-0.3, -0.25) is 0 Å². The van der Waals surface area contributed by atoms with E-state index in [1.807, 2.05) is 6.07 Å². The smallest absolute Gasteiger partial charge is 0.123 e. The van der Waals surface area contributed by atoms with E-state index in [0.717, 1.165) is 55.9 Å². The van der Waals surface area contributed by atoms with E-state index >= 15 is 0 Å². The maximum atomic E-state index is 13.7. The van der Waals surface area contributed by atoms with Crippen LogP contribution in [0, 0.1) is 23.6 Å². The summed E-state index contributed by atoms with van der Waals surface area (Å²) in [6.07, 6.45) is 10.0. The second-order valence-electron chi connectivity index (χ2n) is 8.16. The molecule has 2 aliphatic carbocycles. The van der Waals surface area contributed by atoms with Gasteiger partial charge in [0.25, 0.3) is 0 Å². The highest BCUT2D eigenvalue weighted by Crippen LogP contribution is 2.46. The van der Waals surface area contributed by atoms with Gasteiger partial charge in [0, 0.05) is 24.2 Å². The van der Waals surface area contributed by atoms with Gasteiger partial charge in [0.1, 0.15) is 5.82 Å². The number of benzene rings is 1. The zero-order valence-electron chi connectivity index (χ0n) is 13.6. The molecule has 2 fully saturated rings. The maximum Gasteiger partial charge on any atom is 0.123 e. The van der Waals surface area contributed by atoms with Crippen LogP contribution in [0.2, 0.25) is 0 Å². The van der Waals surface area contributed by atoms with Gasteiger partial charge in [-0.25, -0.2) is 4.39 Å². The summed E-state index contributed by atoms with van der Waals surface area (Å²) >= 11 is 0. The maximum absolute atomic E-state index is 13.7. The van der Waals surface area contributed by atoms with Crippen LogP contribution in [0.5, 0.6) is 0 Å². The van der Waals surface area contributed by atoms with Crippen molar-refractivity contribution in [2.45, 2.75) is 31.1 Å². The summed E-state index contributed by atoms with van der Waals surface area (Å²) in [6.45, 7) is 4.58. The largest absolute Gasteiger partial charge is 0.384 e. The highest BCUT2D eigenvalue weighted by atomic mass is 19.1. The minimum Gasteiger partial charge on any atom is -0.384 e. The first-order valence-corrected chi connectivity index (χ1v) is 9.16. The topological polar surface area (TPSA) is 15.3 Å². The molecule has 1 saturated carbocycles. The van der Waals surface area contributed by atoms with E-state index in [2.05, 4.69) is 22.4 Å². The van der Waals surface area contributed by atoms with Gasteiger partial charge in [-0.2, -0.15) is 0 Å². The van der Waals surface area contributed by atoms with E-state index in [1.54, 1.807) is 12.1 Å². The molecule has 2 heterocycles. The number of anilines is 1. The Morgan fingerprint density at radius 2 is 2.04 bits per heavy atom. The summed E-state index contributed by atoms with van der Waals surface area (Å²) < 4.78 is 13.7. The van der Waals surface area contributed by atoms with Gasteiger partial charge < -0.3 is 10.2 Å². The van der Waals surface area contributed by atoms with E-state index in [4.69, 9.17) is 0 Å². The van der Waals surface area contributed by atoms with Crippen LogP contribution in [0.25, 0.3) is 0 Å². The number of rotatable bonds is 2. The highest BCUT2D eigenvalue weighted by Gasteiger charge is 2.43. The number of fused-ring (bicyclic) bond motifs is 4. The Balaban J connectivity index is 1.27. The fraction of sp³-hybridized carbons (Fsp3) is 0.600. The zero-order valence-corrected chi connectivity index (χ0v) is 13.6. The summed E-state index contributed by atoms with van der Waals surface area (Å²) in [7, 11) is 0. The Morgan fingerprint density at radius 3 is 2.78 bits per heavy atom. The summed E-state index contributed by atoms with van der Waals surface area (Å²) in [5.74, 6) is 2.50. The number of piperidine rings is 1. The van der Waals surface area contributed by atoms with Crippen molar-refractivity contribution in [3.63, 3.8) is 0 Å². The van der Waals surface area contributed by atoms with Gasteiger partial charge in [-0.1, -0.05) is 12.2 Å². The van der Waals surface area contributed by atoms with Crippen molar-refractivity contribution in [1.29, 1.82) is 0 Å². The molecule has 1 aromatic carbocycles. The minimum absolute atomic E-state index is 0.0944. The Morgan fingerprint density at radius 1 is 1.17 bits per heavy atom. The summed E-state index contributed by atoms with van der Waals surface area (Å²) in [6, 6.07) is 5.25. The molecule has 0 radical (unpaired) electrons.